The maximum absolute atomic E-state index is 12.7. The van der Waals surface area contributed by atoms with Crippen LogP contribution in [-0.2, 0) is 4.74 Å². The number of carbonyl (C=O) groups excluding carboxylic acids is 1. The molecule has 1 N–H and O–H groups in total. The van der Waals surface area contributed by atoms with Gasteiger partial charge in [0, 0.05) is 26.7 Å². The number of rotatable bonds is 3. The second-order valence-electron chi connectivity index (χ2n) is 4.24. The molecule has 0 aliphatic carbocycles. The molecule has 1 unspecified atom stereocenters. The van der Waals surface area contributed by atoms with E-state index >= 15 is 0 Å². The minimum absolute atomic E-state index is 0.00634. The summed E-state index contributed by atoms with van der Waals surface area (Å²) in [4.78, 5) is 17.3. The summed E-state index contributed by atoms with van der Waals surface area (Å²) in [5.74, 6) is -0.682. The van der Waals surface area contributed by atoms with Crippen LogP contribution in [0.25, 0.3) is 0 Å². The summed E-state index contributed by atoms with van der Waals surface area (Å²) < 4.78 is 18.2. The minimum Gasteiger partial charge on any atom is -0.374 e. The van der Waals surface area contributed by atoms with Gasteiger partial charge in [0.2, 0.25) is 0 Å². The second-order valence-corrected chi connectivity index (χ2v) is 4.24. The molecule has 2 heterocycles. The van der Waals surface area contributed by atoms with Gasteiger partial charge in [-0.05, 0) is 12.1 Å². The molecule has 0 aromatic carbocycles. The van der Waals surface area contributed by atoms with Gasteiger partial charge in [-0.15, -0.1) is 0 Å². The largest absolute Gasteiger partial charge is 0.374 e. The van der Waals surface area contributed by atoms with Gasteiger partial charge in [0.15, 0.2) is 0 Å². The maximum atomic E-state index is 12.7. The number of nitrogens with zero attached hydrogens (tertiary/aromatic N) is 2. The highest BCUT2D eigenvalue weighted by Gasteiger charge is 2.20. The first-order chi connectivity index (χ1) is 8.66. The van der Waals surface area contributed by atoms with Crippen LogP contribution in [0.4, 0.5) is 4.39 Å². The number of carbonyl (C=O) groups is 1. The molecular formula is C12H16FN3O2. The summed E-state index contributed by atoms with van der Waals surface area (Å²) in [6.07, 6.45) is 1.04. The number of hydrogen-bond donors (Lipinski definition) is 1. The summed E-state index contributed by atoms with van der Waals surface area (Å²) in [5.41, 5.74) is 0.239. The number of ether oxygens (including phenoxy) is 1. The van der Waals surface area contributed by atoms with Crippen LogP contribution in [-0.4, -0.2) is 55.2 Å². The summed E-state index contributed by atoms with van der Waals surface area (Å²) in [7, 11) is 1.69. The van der Waals surface area contributed by atoms with Gasteiger partial charge >= 0.3 is 0 Å². The average Bonchev–Trinajstić information content (AvgIpc) is 2.40. The summed E-state index contributed by atoms with van der Waals surface area (Å²) in [6, 6.07) is 2.61. The Morgan fingerprint density at radius 1 is 1.67 bits per heavy atom. The highest BCUT2D eigenvalue weighted by atomic mass is 19.1. The number of likely N-dealkylation sites (N-methyl/N-ethyl adjacent to an activating group) is 1. The zero-order valence-electron chi connectivity index (χ0n) is 10.2. The van der Waals surface area contributed by atoms with Crippen molar-refractivity contribution in [2.45, 2.75) is 6.10 Å². The lowest BCUT2D eigenvalue weighted by molar-refractivity contribution is 0.0102. The molecule has 0 saturated carbocycles. The van der Waals surface area contributed by atoms with Gasteiger partial charge in [0.1, 0.15) is 11.5 Å². The first-order valence-electron chi connectivity index (χ1n) is 5.86. The third kappa shape index (κ3) is 3.24. The van der Waals surface area contributed by atoms with E-state index in [2.05, 4.69) is 10.3 Å². The third-order valence-corrected chi connectivity index (χ3v) is 2.78. The van der Waals surface area contributed by atoms with Gasteiger partial charge in [-0.25, -0.2) is 9.37 Å². The summed E-state index contributed by atoms with van der Waals surface area (Å²) in [5, 5.41) is 3.20. The Morgan fingerprint density at radius 3 is 3.11 bits per heavy atom. The highest BCUT2D eigenvalue weighted by Crippen LogP contribution is 2.05. The summed E-state index contributed by atoms with van der Waals surface area (Å²) >= 11 is 0. The van der Waals surface area contributed by atoms with Crippen molar-refractivity contribution >= 4 is 5.91 Å². The van der Waals surface area contributed by atoms with Crippen LogP contribution >= 0.6 is 0 Å². The van der Waals surface area contributed by atoms with Crippen molar-refractivity contribution in [1.29, 1.82) is 0 Å². The fourth-order valence-electron chi connectivity index (χ4n) is 1.82. The van der Waals surface area contributed by atoms with Crippen molar-refractivity contribution in [2.24, 2.45) is 0 Å². The van der Waals surface area contributed by atoms with E-state index in [0.29, 0.717) is 13.2 Å². The molecular weight excluding hydrogens is 237 g/mol. The molecule has 2 rings (SSSR count). The number of nitrogens with one attached hydrogen (secondary N) is 1. The zero-order valence-corrected chi connectivity index (χ0v) is 10.2. The molecule has 1 atom stereocenters. The van der Waals surface area contributed by atoms with E-state index in [-0.39, 0.29) is 17.7 Å². The van der Waals surface area contributed by atoms with Gasteiger partial charge < -0.3 is 15.0 Å². The van der Waals surface area contributed by atoms with Crippen LogP contribution in [0.2, 0.25) is 0 Å². The van der Waals surface area contributed by atoms with E-state index < -0.39 is 5.82 Å². The monoisotopic (exact) mass is 253 g/mol. The first kappa shape index (κ1) is 12.9. The number of morpholine rings is 1. The molecule has 6 heteroatoms. The van der Waals surface area contributed by atoms with Crippen molar-refractivity contribution in [3.05, 3.63) is 29.8 Å². The molecule has 1 aromatic heterocycles. The lowest BCUT2D eigenvalue weighted by Crippen LogP contribution is -2.45. The standard InChI is InChI=1S/C12H16FN3O2/c1-16(8-10-7-14-4-5-18-10)12(17)11-3-2-9(13)6-15-11/h2-3,6,10,14H,4-5,7-8H2,1H3. The fraction of sp³-hybridized carbons (Fsp3) is 0.500. The van der Waals surface area contributed by atoms with E-state index in [0.717, 1.165) is 19.3 Å². The van der Waals surface area contributed by atoms with Crippen LogP contribution in [0.5, 0.6) is 0 Å². The van der Waals surface area contributed by atoms with Crippen LogP contribution in [0, 0.1) is 5.82 Å². The summed E-state index contributed by atoms with van der Waals surface area (Å²) in [6.45, 7) is 2.72. The molecule has 1 aliphatic heterocycles. The molecule has 5 nitrogen and oxygen atoms in total. The minimum atomic E-state index is -0.450. The maximum Gasteiger partial charge on any atom is 0.272 e. The van der Waals surface area contributed by atoms with Crippen molar-refractivity contribution in [1.82, 2.24) is 15.2 Å². The van der Waals surface area contributed by atoms with Gasteiger partial charge in [-0.1, -0.05) is 0 Å². The number of halogens is 1. The molecule has 1 saturated heterocycles. The molecule has 18 heavy (non-hydrogen) atoms. The Hall–Kier alpha value is -1.53. The Bertz CT molecular complexity index is 404. The Morgan fingerprint density at radius 2 is 2.50 bits per heavy atom. The van der Waals surface area contributed by atoms with Crippen LogP contribution < -0.4 is 5.32 Å². The molecule has 1 amide bonds. The van der Waals surface area contributed by atoms with Crippen molar-refractivity contribution in [3.8, 4) is 0 Å². The van der Waals surface area contributed by atoms with E-state index in [9.17, 15) is 9.18 Å². The third-order valence-electron chi connectivity index (χ3n) is 2.78. The van der Waals surface area contributed by atoms with Crippen molar-refractivity contribution in [2.75, 3.05) is 33.3 Å². The normalized spacial score (nSPS) is 19.6. The molecule has 0 spiro atoms. The predicted octanol–water partition coefficient (Wildman–Crippen LogP) is 0.281. The van der Waals surface area contributed by atoms with E-state index in [1.54, 1.807) is 7.05 Å². The van der Waals surface area contributed by atoms with Crippen LogP contribution in [0.15, 0.2) is 18.3 Å². The van der Waals surface area contributed by atoms with Gasteiger partial charge in [0.25, 0.3) is 5.91 Å². The molecule has 1 aliphatic rings. The Kier molecular flexibility index (Phi) is 4.22. The molecule has 1 aromatic rings. The topological polar surface area (TPSA) is 54.5 Å². The molecule has 0 radical (unpaired) electrons. The van der Waals surface area contributed by atoms with E-state index in [1.165, 1.54) is 17.0 Å². The van der Waals surface area contributed by atoms with Crippen LogP contribution in [0.3, 0.4) is 0 Å². The fourth-order valence-corrected chi connectivity index (χ4v) is 1.82. The van der Waals surface area contributed by atoms with Gasteiger partial charge in [0.05, 0.1) is 18.9 Å². The average molecular weight is 253 g/mol. The van der Waals surface area contributed by atoms with Crippen LogP contribution in [0.1, 0.15) is 10.5 Å². The van der Waals surface area contributed by atoms with Crippen molar-refractivity contribution in [3.63, 3.8) is 0 Å². The smallest absolute Gasteiger partial charge is 0.272 e. The number of hydrogen-bond acceptors (Lipinski definition) is 4. The Labute approximate surface area is 105 Å². The molecule has 1 fully saturated rings. The number of amides is 1. The SMILES string of the molecule is CN(CC1CNCCO1)C(=O)c1ccc(F)cn1. The van der Waals surface area contributed by atoms with E-state index in [4.69, 9.17) is 4.74 Å². The lowest BCUT2D eigenvalue weighted by Gasteiger charge is -2.27. The van der Waals surface area contributed by atoms with Gasteiger partial charge in [-0.2, -0.15) is 0 Å². The van der Waals surface area contributed by atoms with Gasteiger partial charge in [-0.3, -0.25) is 4.79 Å². The van der Waals surface area contributed by atoms with E-state index in [1.807, 2.05) is 0 Å². The predicted molar refractivity (Wildman–Crippen MR) is 63.8 cm³/mol. The zero-order chi connectivity index (χ0) is 13.0. The second kappa shape index (κ2) is 5.88. The first-order valence-corrected chi connectivity index (χ1v) is 5.86. The van der Waals surface area contributed by atoms with Crippen molar-refractivity contribution < 1.29 is 13.9 Å². The number of pyridine rings is 1. The Balaban J connectivity index is 1.93. The molecule has 0 bridgehead atoms. The lowest BCUT2D eigenvalue weighted by atomic mass is 10.2. The molecule has 98 valence electrons. The highest BCUT2D eigenvalue weighted by molar-refractivity contribution is 5.92. The quantitative estimate of drug-likeness (QED) is 0.840. The number of aromatic nitrogens is 1.